The van der Waals surface area contributed by atoms with Gasteiger partial charge in [-0.25, -0.2) is 0 Å². The van der Waals surface area contributed by atoms with Crippen molar-refractivity contribution in [2.45, 2.75) is 39.5 Å². The molecule has 0 radical (unpaired) electrons. The molecule has 1 nitrogen and oxygen atoms in total. The molecule has 17 heavy (non-hydrogen) atoms. The summed E-state index contributed by atoms with van der Waals surface area (Å²) < 4.78 is 0. The van der Waals surface area contributed by atoms with Crippen LogP contribution in [0.4, 0.5) is 0 Å². The van der Waals surface area contributed by atoms with Crippen LogP contribution >= 0.6 is 0 Å². The quantitative estimate of drug-likeness (QED) is 0.767. The summed E-state index contributed by atoms with van der Waals surface area (Å²) >= 11 is 0. The van der Waals surface area contributed by atoms with E-state index in [4.69, 9.17) is 0 Å². The second-order valence-electron chi connectivity index (χ2n) is 6.61. The number of hydrogen-bond donors (Lipinski definition) is 1. The summed E-state index contributed by atoms with van der Waals surface area (Å²) in [4.78, 5) is 0. The third-order valence-corrected chi connectivity index (χ3v) is 5.82. The fourth-order valence-corrected chi connectivity index (χ4v) is 4.31. The van der Waals surface area contributed by atoms with E-state index in [1.54, 1.807) is 0 Å². The van der Waals surface area contributed by atoms with E-state index in [-0.39, 0.29) is 0 Å². The second-order valence-corrected chi connectivity index (χ2v) is 6.61. The summed E-state index contributed by atoms with van der Waals surface area (Å²) in [6.45, 7) is 7.24. The van der Waals surface area contributed by atoms with Crippen molar-refractivity contribution in [2.75, 3.05) is 0 Å². The first-order valence-electron chi connectivity index (χ1n) is 6.79. The van der Waals surface area contributed by atoms with Crippen molar-refractivity contribution >= 4 is 0 Å². The van der Waals surface area contributed by atoms with Gasteiger partial charge in [-0.05, 0) is 53.6 Å². The molecule has 0 heterocycles. The highest BCUT2D eigenvalue weighted by molar-refractivity contribution is 5.37. The van der Waals surface area contributed by atoms with Gasteiger partial charge in [0.05, 0.1) is 0 Å². The van der Waals surface area contributed by atoms with Crippen molar-refractivity contribution in [1.29, 1.82) is 0 Å². The van der Waals surface area contributed by atoms with Crippen LogP contribution in [0.25, 0.3) is 0 Å². The van der Waals surface area contributed by atoms with Crippen LogP contribution in [-0.4, -0.2) is 5.11 Å². The first-order chi connectivity index (χ1) is 8.01. The van der Waals surface area contributed by atoms with E-state index in [0.29, 0.717) is 17.1 Å². The van der Waals surface area contributed by atoms with Crippen molar-refractivity contribution in [3.05, 3.63) is 29.8 Å². The Balaban J connectivity index is 1.93. The highest BCUT2D eigenvalue weighted by atomic mass is 16.3. The fraction of sp³-hybridized carbons (Fsp3) is 0.625. The van der Waals surface area contributed by atoms with Crippen molar-refractivity contribution in [3.8, 4) is 5.75 Å². The highest BCUT2D eigenvalue weighted by Gasteiger charge is 2.55. The van der Waals surface area contributed by atoms with Crippen molar-refractivity contribution < 1.29 is 5.11 Å². The maximum absolute atomic E-state index is 10.0. The maximum atomic E-state index is 10.0. The van der Waals surface area contributed by atoms with Gasteiger partial charge in [-0.3, -0.25) is 0 Å². The summed E-state index contributed by atoms with van der Waals surface area (Å²) in [6, 6.07) is 7.91. The van der Waals surface area contributed by atoms with Gasteiger partial charge in [-0.1, -0.05) is 39.0 Å². The minimum Gasteiger partial charge on any atom is -0.508 e. The van der Waals surface area contributed by atoms with Crippen LogP contribution in [0.3, 0.4) is 0 Å². The first-order valence-corrected chi connectivity index (χ1v) is 6.79. The van der Waals surface area contributed by atoms with Crippen LogP contribution < -0.4 is 0 Å². The lowest BCUT2D eigenvalue weighted by Crippen LogP contribution is -2.32. The number of para-hydroxylation sites is 1. The predicted octanol–water partition coefficient (Wildman–Crippen LogP) is 4.18. The Hall–Kier alpha value is -0.980. The van der Waals surface area contributed by atoms with E-state index in [9.17, 15) is 5.11 Å². The molecule has 2 aliphatic carbocycles. The van der Waals surface area contributed by atoms with E-state index < -0.39 is 0 Å². The molecule has 2 aliphatic rings. The molecule has 92 valence electrons. The Morgan fingerprint density at radius 2 is 1.88 bits per heavy atom. The topological polar surface area (TPSA) is 20.2 Å². The molecule has 3 rings (SSSR count). The molecule has 0 spiro atoms. The summed E-state index contributed by atoms with van der Waals surface area (Å²) in [7, 11) is 0. The third kappa shape index (κ3) is 1.44. The molecule has 1 aromatic carbocycles. The Morgan fingerprint density at radius 1 is 1.18 bits per heavy atom. The minimum absolute atomic E-state index is 0.492. The minimum atomic E-state index is 0.492. The first kappa shape index (κ1) is 11.1. The smallest absolute Gasteiger partial charge is 0.119 e. The lowest BCUT2D eigenvalue weighted by atomic mass is 9.65. The third-order valence-electron chi connectivity index (χ3n) is 5.82. The number of aromatic hydroxyl groups is 1. The number of phenols is 1. The average molecular weight is 230 g/mol. The molecule has 0 unspecified atom stereocenters. The normalized spacial score (nSPS) is 38.5. The van der Waals surface area contributed by atoms with Crippen molar-refractivity contribution in [1.82, 2.24) is 0 Å². The number of benzene rings is 1. The van der Waals surface area contributed by atoms with Gasteiger partial charge in [-0.2, -0.15) is 0 Å². The van der Waals surface area contributed by atoms with Gasteiger partial charge < -0.3 is 5.11 Å². The molecular weight excluding hydrogens is 208 g/mol. The second kappa shape index (κ2) is 3.51. The van der Waals surface area contributed by atoms with E-state index >= 15 is 0 Å². The van der Waals surface area contributed by atoms with Gasteiger partial charge in [0.25, 0.3) is 0 Å². The van der Waals surface area contributed by atoms with Gasteiger partial charge >= 0.3 is 0 Å². The van der Waals surface area contributed by atoms with Gasteiger partial charge in [-0.15, -0.1) is 0 Å². The van der Waals surface area contributed by atoms with Crippen LogP contribution in [-0.2, 0) is 0 Å². The zero-order valence-electron chi connectivity index (χ0n) is 11.0. The molecular formula is C16H22O. The maximum Gasteiger partial charge on any atom is 0.119 e. The summed E-state index contributed by atoms with van der Waals surface area (Å²) in [5.41, 5.74) is 1.67. The molecule has 2 saturated carbocycles. The van der Waals surface area contributed by atoms with Crippen LogP contribution in [0, 0.1) is 23.2 Å². The Kier molecular flexibility index (Phi) is 2.30. The van der Waals surface area contributed by atoms with Gasteiger partial charge in [0.1, 0.15) is 5.75 Å². The van der Waals surface area contributed by atoms with Crippen molar-refractivity contribution in [3.63, 3.8) is 0 Å². The van der Waals surface area contributed by atoms with Crippen molar-refractivity contribution in [2.24, 2.45) is 23.2 Å². The van der Waals surface area contributed by atoms with Crippen LogP contribution in [0.15, 0.2) is 24.3 Å². The molecule has 2 bridgehead atoms. The van der Waals surface area contributed by atoms with Gasteiger partial charge in [0.2, 0.25) is 0 Å². The zero-order chi connectivity index (χ0) is 12.2. The van der Waals surface area contributed by atoms with E-state index in [1.807, 2.05) is 12.1 Å². The lowest BCUT2D eigenvalue weighted by molar-refractivity contribution is 0.121. The van der Waals surface area contributed by atoms with Crippen LogP contribution in [0.2, 0.25) is 0 Å². The molecule has 4 atom stereocenters. The molecule has 2 fully saturated rings. The number of fused-ring (bicyclic) bond motifs is 2. The Morgan fingerprint density at radius 3 is 2.47 bits per heavy atom. The molecule has 1 N–H and O–H groups in total. The molecule has 0 aromatic heterocycles. The fourth-order valence-electron chi connectivity index (χ4n) is 4.31. The molecule has 1 aromatic rings. The van der Waals surface area contributed by atoms with Gasteiger partial charge in [0.15, 0.2) is 0 Å². The monoisotopic (exact) mass is 230 g/mol. The largest absolute Gasteiger partial charge is 0.508 e. The molecule has 0 aliphatic heterocycles. The summed E-state index contributed by atoms with van der Waals surface area (Å²) in [6.07, 6.45) is 2.62. The lowest BCUT2D eigenvalue weighted by Gasteiger charge is -2.40. The highest BCUT2D eigenvalue weighted by Crippen LogP contribution is 2.64. The average Bonchev–Trinajstić information content (AvgIpc) is 2.80. The molecule has 1 heteroatoms. The van der Waals surface area contributed by atoms with E-state index in [2.05, 4.69) is 32.9 Å². The molecule has 0 saturated heterocycles. The Labute approximate surface area is 104 Å². The number of rotatable bonds is 1. The van der Waals surface area contributed by atoms with E-state index in [0.717, 1.165) is 17.8 Å². The predicted molar refractivity (Wildman–Crippen MR) is 70.0 cm³/mol. The van der Waals surface area contributed by atoms with Gasteiger partial charge in [0, 0.05) is 0 Å². The molecule has 0 amide bonds. The standard InChI is InChI=1S/C16H22O/c1-10-13-8-11(16(10,2)3)9-14(13)12-6-4-5-7-15(12)17/h4-7,10-11,13-14,17H,8-9H2,1-3H3/t10-,11+,13-,14+/m1/s1. The number of hydrogen-bond acceptors (Lipinski definition) is 1. The number of phenolic OH excluding ortho intramolecular Hbond substituents is 1. The summed E-state index contributed by atoms with van der Waals surface area (Å²) in [5.74, 6) is 3.46. The zero-order valence-corrected chi connectivity index (χ0v) is 11.0. The van der Waals surface area contributed by atoms with Crippen LogP contribution in [0.1, 0.15) is 45.1 Å². The Bertz CT molecular complexity index is 431. The van der Waals surface area contributed by atoms with Crippen LogP contribution in [0.5, 0.6) is 5.75 Å². The van der Waals surface area contributed by atoms with E-state index in [1.165, 1.54) is 18.4 Å². The summed E-state index contributed by atoms with van der Waals surface area (Å²) in [5, 5.41) is 10.0. The SMILES string of the molecule is C[C@@H]1[C@H]2C[C@@H](C[C@H]2c2ccccc2O)C1(C)C.